The lowest BCUT2D eigenvalue weighted by molar-refractivity contribution is -0.138. The number of carbonyl (C=O) groups is 2. The predicted octanol–water partition coefficient (Wildman–Crippen LogP) is 4.42. The molecule has 0 heterocycles. The molecular formula is C23H30N2O2S. The third-order valence-corrected chi connectivity index (χ3v) is 5.70. The van der Waals surface area contributed by atoms with E-state index in [-0.39, 0.29) is 11.8 Å². The predicted molar refractivity (Wildman–Crippen MR) is 116 cm³/mol. The lowest BCUT2D eigenvalue weighted by Crippen LogP contribution is -2.48. The van der Waals surface area contributed by atoms with Gasteiger partial charge in [-0.05, 0) is 43.5 Å². The Morgan fingerprint density at radius 3 is 2.43 bits per heavy atom. The van der Waals surface area contributed by atoms with Crippen molar-refractivity contribution in [1.29, 1.82) is 0 Å². The minimum Gasteiger partial charge on any atom is -0.354 e. The number of nitrogens with zero attached hydrogens (tertiary/aromatic N) is 1. The average Bonchev–Trinajstić information content (AvgIpc) is 2.71. The third-order valence-electron chi connectivity index (χ3n) is 4.70. The highest BCUT2D eigenvalue weighted by molar-refractivity contribution is 8.00. The summed E-state index contributed by atoms with van der Waals surface area (Å²) in [6, 6.07) is 17.3. The number of carbonyl (C=O) groups excluding carboxylic acids is 2. The molecule has 1 unspecified atom stereocenters. The largest absolute Gasteiger partial charge is 0.354 e. The van der Waals surface area contributed by atoms with E-state index < -0.39 is 6.04 Å². The highest BCUT2D eigenvalue weighted by Crippen LogP contribution is 2.20. The summed E-state index contributed by atoms with van der Waals surface area (Å²) < 4.78 is 0. The van der Waals surface area contributed by atoms with E-state index in [1.54, 1.807) is 4.90 Å². The van der Waals surface area contributed by atoms with Crippen LogP contribution in [0.5, 0.6) is 0 Å². The fourth-order valence-corrected chi connectivity index (χ4v) is 3.64. The minimum absolute atomic E-state index is 0.0322. The van der Waals surface area contributed by atoms with Crippen molar-refractivity contribution in [2.45, 2.75) is 51.1 Å². The van der Waals surface area contributed by atoms with E-state index in [4.69, 9.17) is 0 Å². The SMILES string of the molecule is CCCCNC(=O)C(C)N(Cc1ccccc1C)C(=O)CSc1ccccc1. The number of aryl methyl sites for hydroxylation is 1. The molecule has 0 aliphatic rings. The second-order valence-electron chi connectivity index (χ2n) is 6.87. The summed E-state index contributed by atoms with van der Waals surface area (Å²) in [5, 5.41) is 2.95. The summed E-state index contributed by atoms with van der Waals surface area (Å²) in [6.45, 7) is 7.01. The van der Waals surface area contributed by atoms with Crippen LogP contribution in [-0.4, -0.2) is 35.1 Å². The monoisotopic (exact) mass is 398 g/mol. The van der Waals surface area contributed by atoms with Crippen molar-refractivity contribution in [2.75, 3.05) is 12.3 Å². The molecule has 0 aromatic heterocycles. The summed E-state index contributed by atoms with van der Waals surface area (Å²) in [4.78, 5) is 28.4. The molecule has 28 heavy (non-hydrogen) atoms. The first-order valence-corrected chi connectivity index (χ1v) is 10.8. The van der Waals surface area contributed by atoms with Crippen LogP contribution in [0.1, 0.15) is 37.8 Å². The van der Waals surface area contributed by atoms with Gasteiger partial charge in [0.15, 0.2) is 0 Å². The first kappa shape index (κ1) is 22.0. The second kappa shape index (κ2) is 11.5. The van der Waals surface area contributed by atoms with E-state index in [1.165, 1.54) is 11.8 Å². The van der Waals surface area contributed by atoms with Gasteiger partial charge in [-0.3, -0.25) is 9.59 Å². The molecule has 2 aromatic rings. The van der Waals surface area contributed by atoms with Crippen LogP contribution in [0.4, 0.5) is 0 Å². The summed E-state index contributed by atoms with van der Waals surface area (Å²) in [5.74, 6) is 0.179. The number of nitrogens with one attached hydrogen (secondary N) is 1. The van der Waals surface area contributed by atoms with Crippen LogP contribution in [0, 0.1) is 6.92 Å². The van der Waals surface area contributed by atoms with Crippen LogP contribution in [0.25, 0.3) is 0 Å². The number of benzene rings is 2. The Morgan fingerprint density at radius 1 is 1.07 bits per heavy atom. The number of hydrogen-bond donors (Lipinski definition) is 1. The summed E-state index contributed by atoms with van der Waals surface area (Å²) >= 11 is 1.50. The number of thioether (sulfide) groups is 1. The van der Waals surface area contributed by atoms with E-state index in [9.17, 15) is 9.59 Å². The van der Waals surface area contributed by atoms with Gasteiger partial charge in [0.1, 0.15) is 6.04 Å². The maximum atomic E-state index is 13.0. The van der Waals surface area contributed by atoms with Crippen molar-refractivity contribution in [3.05, 3.63) is 65.7 Å². The van der Waals surface area contributed by atoms with Crippen LogP contribution in [-0.2, 0) is 16.1 Å². The van der Waals surface area contributed by atoms with Gasteiger partial charge in [-0.2, -0.15) is 0 Å². The molecule has 0 spiro atoms. The Bertz CT molecular complexity index is 764. The zero-order valence-electron chi connectivity index (χ0n) is 17.0. The number of hydrogen-bond acceptors (Lipinski definition) is 3. The highest BCUT2D eigenvalue weighted by Gasteiger charge is 2.26. The van der Waals surface area contributed by atoms with Crippen LogP contribution in [0.15, 0.2) is 59.5 Å². The lowest BCUT2D eigenvalue weighted by atomic mass is 10.1. The molecule has 0 bridgehead atoms. The molecule has 0 saturated carbocycles. The molecule has 2 amide bonds. The Labute approximate surface area is 172 Å². The second-order valence-corrected chi connectivity index (χ2v) is 7.92. The molecule has 0 aliphatic heterocycles. The fraction of sp³-hybridized carbons (Fsp3) is 0.391. The van der Waals surface area contributed by atoms with Gasteiger partial charge < -0.3 is 10.2 Å². The van der Waals surface area contributed by atoms with Crippen molar-refractivity contribution >= 4 is 23.6 Å². The summed E-state index contributed by atoms with van der Waals surface area (Å²) in [7, 11) is 0. The van der Waals surface area contributed by atoms with E-state index in [0.29, 0.717) is 18.8 Å². The molecule has 1 N–H and O–H groups in total. The Hall–Kier alpha value is -2.27. The Morgan fingerprint density at radius 2 is 1.75 bits per heavy atom. The smallest absolute Gasteiger partial charge is 0.242 e. The normalized spacial score (nSPS) is 11.7. The van der Waals surface area contributed by atoms with Crippen molar-refractivity contribution in [1.82, 2.24) is 10.2 Å². The summed E-state index contributed by atoms with van der Waals surface area (Å²) in [6.07, 6.45) is 1.96. The third kappa shape index (κ3) is 6.71. The molecule has 4 nitrogen and oxygen atoms in total. The van der Waals surface area contributed by atoms with Crippen molar-refractivity contribution in [3.8, 4) is 0 Å². The molecule has 0 saturated heterocycles. The molecule has 2 aromatic carbocycles. The van der Waals surface area contributed by atoms with Crippen molar-refractivity contribution < 1.29 is 9.59 Å². The Balaban J connectivity index is 2.11. The van der Waals surface area contributed by atoms with Gasteiger partial charge in [-0.25, -0.2) is 0 Å². The van der Waals surface area contributed by atoms with E-state index >= 15 is 0 Å². The van der Waals surface area contributed by atoms with Gasteiger partial charge in [-0.1, -0.05) is 55.8 Å². The maximum absolute atomic E-state index is 13.0. The molecule has 0 fully saturated rings. The Kier molecular flexibility index (Phi) is 9.08. The fourth-order valence-electron chi connectivity index (χ4n) is 2.83. The molecule has 1 atom stereocenters. The summed E-state index contributed by atoms with van der Waals surface area (Å²) in [5.41, 5.74) is 2.18. The zero-order chi connectivity index (χ0) is 20.4. The van der Waals surface area contributed by atoms with Crippen LogP contribution in [0.3, 0.4) is 0 Å². The lowest BCUT2D eigenvalue weighted by Gasteiger charge is -2.29. The van der Waals surface area contributed by atoms with Gasteiger partial charge in [0.05, 0.1) is 5.75 Å². The van der Waals surface area contributed by atoms with Gasteiger partial charge in [0.25, 0.3) is 0 Å². The van der Waals surface area contributed by atoms with Crippen molar-refractivity contribution in [2.24, 2.45) is 0 Å². The van der Waals surface area contributed by atoms with E-state index in [2.05, 4.69) is 12.2 Å². The van der Waals surface area contributed by atoms with E-state index in [1.807, 2.05) is 68.4 Å². The maximum Gasteiger partial charge on any atom is 0.242 e. The molecular weight excluding hydrogens is 368 g/mol. The van der Waals surface area contributed by atoms with Gasteiger partial charge in [-0.15, -0.1) is 11.8 Å². The number of rotatable bonds is 10. The van der Waals surface area contributed by atoms with Crippen LogP contribution >= 0.6 is 11.8 Å². The van der Waals surface area contributed by atoms with Gasteiger partial charge in [0.2, 0.25) is 11.8 Å². The van der Waals surface area contributed by atoms with Crippen LogP contribution in [0.2, 0.25) is 0 Å². The number of amides is 2. The topological polar surface area (TPSA) is 49.4 Å². The molecule has 0 radical (unpaired) electrons. The molecule has 0 aliphatic carbocycles. The van der Waals surface area contributed by atoms with Crippen LogP contribution < -0.4 is 5.32 Å². The standard InChI is InChI=1S/C23H30N2O2S/c1-4-5-15-24-23(27)19(3)25(16-20-12-10-9-11-18(20)2)22(26)17-28-21-13-7-6-8-14-21/h6-14,19H,4-5,15-17H2,1-3H3,(H,24,27). The van der Waals surface area contributed by atoms with Gasteiger partial charge >= 0.3 is 0 Å². The molecule has 5 heteroatoms. The average molecular weight is 399 g/mol. The highest BCUT2D eigenvalue weighted by atomic mass is 32.2. The first-order valence-electron chi connectivity index (χ1n) is 9.82. The van der Waals surface area contributed by atoms with E-state index in [0.717, 1.165) is 28.9 Å². The molecule has 2 rings (SSSR count). The minimum atomic E-state index is -0.514. The van der Waals surface area contributed by atoms with Crippen molar-refractivity contribution in [3.63, 3.8) is 0 Å². The molecule has 150 valence electrons. The number of unbranched alkanes of at least 4 members (excludes halogenated alkanes) is 1. The first-order chi connectivity index (χ1) is 13.5. The van der Waals surface area contributed by atoms with Gasteiger partial charge in [0, 0.05) is 18.0 Å². The quantitative estimate of drug-likeness (QED) is 0.476. The zero-order valence-corrected chi connectivity index (χ0v) is 17.8.